The predicted molar refractivity (Wildman–Crippen MR) is 92.5 cm³/mol. The van der Waals surface area contributed by atoms with Crippen molar-refractivity contribution in [2.24, 2.45) is 10.4 Å². The molecule has 5 nitrogen and oxygen atoms in total. The summed E-state index contributed by atoms with van der Waals surface area (Å²) in [6.07, 6.45) is 7.62. The molecule has 5 heteroatoms. The number of methoxy groups -OCH3 is 1. The van der Waals surface area contributed by atoms with Crippen LogP contribution >= 0.6 is 0 Å². The van der Waals surface area contributed by atoms with Gasteiger partial charge in [0.15, 0.2) is 5.96 Å². The van der Waals surface area contributed by atoms with Crippen molar-refractivity contribution in [1.29, 1.82) is 0 Å². The fourth-order valence-electron chi connectivity index (χ4n) is 2.96. The lowest BCUT2D eigenvalue weighted by atomic mass is 9.84. The van der Waals surface area contributed by atoms with Crippen LogP contribution in [0.15, 0.2) is 4.99 Å². The molecule has 1 rings (SSSR count). The second kappa shape index (κ2) is 11.7. The maximum atomic E-state index is 5.47. The fourth-order valence-corrected chi connectivity index (χ4v) is 2.96. The molecule has 0 saturated heterocycles. The highest BCUT2D eigenvalue weighted by Gasteiger charge is 2.31. The number of guanidine groups is 1. The highest BCUT2D eigenvalue weighted by atomic mass is 16.5. The summed E-state index contributed by atoms with van der Waals surface area (Å²) in [5.41, 5.74) is 0.450. The summed E-state index contributed by atoms with van der Waals surface area (Å²) in [6, 6.07) is 0. The second-order valence-corrected chi connectivity index (χ2v) is 6.14. The van der Waals surface area contributed by atoms with Gasteiger partial charge in [-0.2, -0.15) is 0 Å². The molecule has 0 aromatic rings. The molecule has 1 aliphatic rings. The van der Waals surface area contributed by atoms with Crippen molar-refractivity contribution in [3.63, 3.8) is 0 Å². The highest BCUT2D eigenvalue weighted by molar-refractivity contribution is 5.79. The smallest absolute Gasteiger partial charge is 0.191 e. The van der Waals surface area contributed by atoms with Crippen molar-refractivity contribution >= 4 is 5.96 Å². The molecule has 0 bridgehead atoms. The molecule has 0 heterocycles. The topological polar surface area (TPSA) is 54.9 Å². The van der Waals surface area contributed by atoms with Gasteiger partial charge < -0.3 is 20.1 Å². The van der Waals surface area contributed by atoms with E-state index in [1.165, 1.54) is 32.1 Å². The summed E-state index contributed by atoms with van der Waals surface area (Å²) < 4.78 is 10.4. The van der Waals surface area contributed by atoms with Crippen molar-refractivity contribution in [3.8, 4) is 0 Å². The lowest BCUT2D eigenvalue weighted by Gasteiger charge is -2.25. The number of ether oxygens (including phenoxy) is 2. The maximum absolute atomic E-state index is 5.47. The Labute approximate surface area is 136 Å². The van der Waals surface area contributed by atoms with E-state index >= 15 is 0 Å². The van der Waals surface area contributed by atoms with Crippen LogP contribution in [0, 0.1) is 5.41 Å². The first-order valence-electron chi connectivity index (χ1n) is 8.85. The minimum Gasteiger partial charge on any atom is -0.382 e. The van der Waals surface area contributed by atoms with Gasteiger partial charge in [-0.1, -0.05) is 19.8 Å². The summed E-state index contributed by atoms with van der Waals surface area (Å²) in [5.74, 6) is 0.944. The number of aliphatic imine (C=N–C) groups is 1. The summed E-state index contributed by atoms with van der Waals surface area (Å²) in [7, 11) is 1.69. The Hall–Kier alpha value is -0.810. The van der Waals surface area contributed by atoms with Crippen molar-refractivity contribution < 1.29 is 9.47 Å². The van der Waals surface area contributed by atoms with E-state index in [0.717, 1.165) is 38.6 Å². The van der Waals surface area contributed by atoms with Gasteiger partial charge in [-0.3, -0.25) is 4.99 Å². The predicted octanol–water partition coefficient (Wildman–Crippen LogP) is 2.57. The molecule has 22 heavy (non-hydrogen) atoms. The zero-order valence-electron chi connectivity index (χ0n) is 14.7. The zero-order valence-corrected chi connectivity index (χ0v) is 14.7. The van der Waals surface area contributed by atoms with Crippen molar-refractivity contribution in [2.75, 3.05) is 46.6 Å². The Bertz CT molecular complexity index is 302. The Morgan fingerprint density at radius 2 is 1.86 bits per heavy atom. The maximum Gasteiger partial charge on any atom is 0.191 e. The Morgan fingerprint density at radius 1 is 1.09 bits per heavy atom. The number of rotatable bonds is 11. The summed E-state index contributed by atoms with van der Waals surface area (Å²) >= 11 is 0. The molecular weight excluding hydrogens is 278 g/mol. The number of hydrogen-bond donors (Lipinski definition) is 2. The molecule has 0 amide bonds. The summed E-state index contributed by atoms with van der Waals surface area (Å²) in [4.78, 5) is 4.82. The van der Waals surface area contributed by atoms with Gasteiger partial charge in [-0.15, -0.1) is 0 Å². The Balaban J connectivity index is 2.26. The Morgan fingerprint density at radius 3 is 2.50 bits per heavy atom. The van der Waals surface area contributed by atoms with Crippen LogP contribution < -0.4 is 10.6 Å². The second-order valence-electron chi connectivity index (χ2n) is 6.14. The number of hydrogen-bond acceptors (Lipinski definition) is 3. The van der Waals surface area contributed by atoms with Gasteiger partial charge in [0.2, 0.25) is 0 Å². The zero-order chi connectivity index (χ0) is 16.1. The van der Waals surface area contributed by atoms with Gasteiger partial charge in [0.05, 0.1) is 13.2 Å². The van der Waals surface area contributed by atoms with E-state index in [0.29, 0.717) is 18.6 Å². The van der Waals surface area contributed by atoms with Crippen LogP contribution in [0.25, 0.3) is 0 Å². The average molecular weight is 313 g/mol. The largest absolute Gasteiger partial charge is 0.382 e. The first kappa shape index (κ1) is 19.2. The Kier molecular flexibility index (Phi) is 10.2. The molecule has 0 aromatic carbocycles. The lowest BCUT2D eigenvalue weighted by Crippen LogP contribution is -2.39. The van der Waals surface area contributed by atoms with Crippen LogP contribution in [-0.4, -0.2) is 52.5 Å². The molecule has 0 unspecified atom stereocenters. The fraction of sp³-hybridized carbons (Fsp3) is 0.941. The van der Waals surface area contributed by atoms with Gasteiger partial charge in [0, 0.05) is 33.4 Å². The normalized spacial score (nSPS) is 17.7. The molecular formula is C17H35N3O2. The monoisotopic (exact) mass is 313 g/mol. The van der Waals surface area contributed by atoms with Crippen LogP contribution in [0.4, 0.5) is 0 Å². The summed E-state index contributed by atoms with van der Waals surface area (Å²) in [6.45, 7) is 9.24. The van der Waals surface area contributed by atoms with E-state index in [9.17, 15) is 0 Å². The van der Waals surface area contributed by atoms with Gasteiger partial charge in [0.1, 0.15) is 0 Å². The molecule has 0 aromatic heterocycles. The summed E-state index contributed by atoms with van der Waals surface area (Å²) in [5, 5.41) is 6.74. The van der Waals surface area contributed by atoms with Gasteiger partial charge in [-0.25, -0.2) is 0 Å². The van der Waals surface area contributed by atoms with Gasteiger partial charge in [0.25, 0.3) is 0 Å². The third kappa shape index (κ3) is 7.45. The lowest BCUT2D eigenvalue weighted by molar-refractivity contribution is 0.0698. The van der Waals surface area contributed by atoms with Crippen molar-refractivity contribution in [2.45, 2.75) is 52.4 Å². The average Bonchev–Trinajstić information content (AvgIpc) is 3.01. The number of nitrogens with one attached hydrogen (secondary N) is 2. The van der Waals surface area contributed by atoms with Crippen molar-refractivity contribution in [1.82, 2.24) is 10.6 Å². The van der Waals surface area contributed by atoms with Crippen LogP contribution in [0.3, 0.4) is 0 Å². The first-order chi connectivity index (χ1) is 10.8. The minimum absolute atomic E-state index is 0.450. The quantitative estimate of drug-likeness (QED) is 0.350. The molecule has 0 aliphatic heterocycles. The molecule has 130 valence electrons. The molecule has 1 aliphatic carbocycles. The van der Waals surface area contributed by atoms with E-state index in [-0.39, 0.29) is 0 Å². The van der Waals surface area contributed by atoms with E-state index in [1.807, 2.05) is 0 Å². The van der Waals surface area contributed by atoms with E-state index in [1.54, 1.807) is 7.11 Å². The van der Waals surface area contributed by atoms with E-state index in [4.69, 9.17) is 14.5 Å². The SMILES string of the molecule is CCNC(=NCC1(CC)CCCC1)NCCCOCCOC. The van der Waals surface area contributed by atoms with Crippen molar-refractivity contribution in [3.05, 3.63) is 0 Å². The molecule has 0 radical (unpaired) electrons. The van der Waals surface area contributed by atoms with Crippen LogP contribution in [0.1, 0.15) is 52.4 Å². The number of nitrogens with zero attached hydrogens (tertiary/aromatic N) is 1. The first-order valence-corrected chi connectivity index (χ1v) is 8.85. The molecule has 0 atom stereocenters. The van der Waals surface area contributed by atoms with Crippen LogP contribution in [-0.2, 0) is 9.47 Å². The minimum atomic E-state index is 0.450. The van der Waals surface area contributed by atoms with Crippen LogP contribution in [0.2, 0.25) is 0 Å². The molecule has 0 spiro atoms. The van der Waals surface area contributed by atoms with E-state index in [2.05, 4.69) is 24.5 Å². The molecule has 1 fully saturated rings. The standard InChI is InChI=1S/C17H35N3O2/c1-4-17(9-6-7-10-17)15-20-16(18-5-2)19-11-8-12-22-14-13-21-3/h4-15H2,1-3H3,(H2,18,19,20). The highest BCUT2D eigenvalue weighted by Crippen LogP contribution is 2.41. The molecule has 2 N–H and O–H groups in total. The third-order valence-corrected chi connectivity index (χ3v) is 4.52. The molecule has 1 saturated carbocycles. The van der Waals surface area contributed by atoms with Crippen LogP contribution in [0.5, 0.6) is 0 Å². The van der Waals surface area contributed by atoms with E-state index < -0.39 is 0 Å². The third-order valence-electron chi connectivity index (χ3n) is 4.52. The van der Waals surface area contributed by atoms with Gasteiger partial charge >= 0.3 is 0 Å². The van der Waals surface area contributed by atoms with Gasteiger partial charge in [-0.05, 0) is 38.0 Å².